The zero-order valence-corrected chi connectivity index (χ0v) is 28.3. The van der Waals surface area contributed by atoms with Crippen LogP contribution in [0.5, 0.6) is 0 Å². The molecule has 2 atom stereocenters. The second kappa shape index (κ2) is 27.3. The van der Waals surface area contributed by atoms with Gasteiger partial charge in [-0.2, -0.15) is 0 Å². The molecule has 0 saturated heterocycles. The molecule has 0 aliphatic rings. The van der Waals surface area contributed by atoms with Crippen molar-refractivity contribution >= 4 is 19.5 Å². The highest BCUT2D eigenvalue weighted by atomic mass is 31.1. The van der Waals surface area contributed by atoms with Crippen LogP contribution < -0.4 is 5.11 Å². The first kappa shape index (κ1) is 39.5. The third-order valence-electron chi connectivity index (χ3n) is 7.86. The Morgan fingerprint density at radius 3 is 1.45 bits per heavy atom. The van der Waals surface area contributed by atoms with E-state index in [1.54, 1.807) is 0 Å². The Hall–Kier alpha value is -0.540. The van der Waals surface area contributed by atoms with Gasteiger partial charge >= 0.3 is 0 Å². The van der Waals surface area contributed by atoms with E-state index in [2.05, 4.69) is 26.0 Å². The Morgan fingerprint density at radius 2 is 1.02 bits per heavy atom. The Labute approximate surface area is 251 Å². The number of hydrogen-bond acceptors (Lipinski definition) is 3. The molecule has 0 bridgehead atoms. The highest BCUT2D eigenvalue weighted by molar-refractivity contribution is 7.40. The smallest absolute Gasteiger partial charge is 0.172 e. The van der Waals surface area contributed by atoms with Crippen molar-refractivity contribution in [3.05, 3.63) is 12.2 Å². The average molecular weight is 582 g/mol. The highest BCUT2D eigenvalue weighted by Crippen LogP contribution is 2.25. The number of nitrogens with zero attached hydrogens (tertiary/aromatic N) is 1. The molecule has 0 aromatic rings. The summed E-state index contributed by atoms with van der Waals surface area (Å²) in [6, 6.07) is 0. The van der Waals surface area contributed by atoms with Crippen LogP contribution in [0.2, 0.25) is 0 Å². The van der Waals surface area contributed by atoms with Gasteiger partial charge in [0.05, 0.1) is 21.1 Å². The third-order valence-corrected chi connectivity index (χ3v) is 9.61. The summed E-state index contributed by atoms with van der Waals surface area (Å²) in [5.74, 6) is -0.482. The number of allylic oxidation sites excluding steroid dienone is 2. The van der Waals surface area contributed by atoms with Crippen LogP contribution in [0.25, 0.3) is 0 Å². The first-order chi connectivity index (χ1) is 19.2. The van der Waals surface area contributed by atoms with Crippen LogP contribution in [0.3, 0.4) is 0 Å². The molecule has 0 saturated carbocycles. The number of hydrogen-bond donors (Lipinski definition) is 1. The molecule has 0 spiro atoms. The van der Waals surface area contributed by atoms with E-state index in [0.29, 0.717) is 25.5 Å². The Balaban J connectivity index is 4.12. The van der Waals surface area contributed by atoms with E-state index in [0.717, 1.165) is 25.7 Å². The van der Waals surface area contributed by atoms with Crippen molar-refractivity contribution in [2.75, 3.05) is 21.1 Å². The minimum atomic E-state index is -1.06. The van der Waals surface area contributed by atoms with Gasteiger partial charge in [0.15, 0.2) is 17.7 Å². The van der Waals surface area contributed by atoms with Gasteiger partial charge in [0.2, 0.25) is 0 Å². The topological polar surface area (TPSA) is 60.4 Å². The number of aliphatic hydroxyl groups excluding tert-OH is 1. The van der Waals surface area contributed by atoms with Gasteiger partial charge < -0.3 is 14.7 Å². The standard InChI is InChI=1S/C35H68NO3P/c1-6-8-10-12-14-16-17-18-19-20-21-23-25-27-29-31-33(38)40-35(36(3,4)5)34(39)32(37)30-28-26-24-22-15-13-11-9-7-2/h18-19,34-35,39H,6-17,20-31H2,1-5H3/b19-18-. The zero-order chi connectivity index (χ0) is 29.9. The van der Waals surface area contributed by atoms with E-state index in [1.165, 1.54) is 116 Å². The molecule has 0 heterocycles. The summed E-state index contributed by atoms with van der Waals surface area (Å²) in [5, 5.41) is 23.6. The number of aliphatic hydroxyl groups is 1. The lowest BCUT2D eigenvalue weighted by Gasteiger charge is -2.35. The lowest BCUT2D eigenvalue weighted by molar-refractivity contribution is -0.883. The molecule has 0 aromatic carbocycles. The van der Waals surface area contributed by atoms with E-state index in [4.69, 9.17) is 0 Å². The Morgan fingerprint density at radius 1 is 0.650 bits per heavy atom. The maximum absolute atomic E-state index is 12.7. The molecule has 0 aliphatic carbocycles. The molecular formula is C35H68NO3P. The van der Waals surface area contributed by atoms with Crippen LogP contribution in [0, 0.1) is 0 Å². The zero-order valence-electron chi connectivity index (χ0n) is 27.4. The van der Waals surface area contributed by atoms with Crippen molar-refractivity contribution in [1.82, 2.24) is 0 Å². The molecule has 4 nitrogen and oxygen atoms in total. The van der Waals surface area contributed by atoms with Crippen molar-refractivity contribution in [3.63, 3.8) is 0 Å². The number of likely N-dealkylation sites (N-methyl/N-ethyl adjacent to an activating group) is 1. The number of unbranched alkanes of at least 4 members (excludes halogenated alkanes) is 19. The molecule has 0 amide bonds. The minimum absolute atomic E-state index is 0.0951. The quantitative estimate of drug-likeness (QED) is 0.0414. The molecule has 236 valence electrons. The summed E-state index contributed by atoms with van der Waals surface area (Å²) in [7, 11) is 6.51. The van der Waals surface area contributed by atoms with Gasteiger partial charge in [0.25, 0.3) is 0 Å². The number of quaternary nitrogens is 1. The van der Waals surface area contributed by atoms with Crippen LogP contribution in [-0.2, 0) is 4.79 Å². The molecule has 0 fully saturated rings. The number of ketones is 1. The molecule has 2 unspecified atom stereocenters. The summed E-state index contributed by atoms with van der Waals surface area (Å²) in [6.45, 7) is 4.50. The molecular weight excluding hydrogens is 513 g/mol. The SMILES string of the molecule is CCCCCCCC/C=C\CCCCCCCC([O-])=PC(C(O)C(=O)CCCCCCCCCCC)[N+](C)(C)C. The maximum atomic E-state index is 12.7. The van der Waals surface area contributed by atoms with Gasteiger partial charge in [0.1, 0.15) is 0 Å². The number of rotatable bonds is 29. The van der Waals surface area contributed by atoms with Gasteiger partial charge in [-0.25, -0.2) is 0 Å². The van der Waals surface area contributed by atoms with Gasteiger partial charge in [0, 0.05) is 6.42 Å². The largest absolute Gasteiger partial charge is 0.827 e. The first-order valence-electron chi connectivity index (χ1n) is 17.1. The van der Waals surface area contributed by atoms with E-state index in [-0.39, 0.29) is 17.0 Å². The summed E-state index contributed by atoms with van der Waals surface area (Å²) in [5.41, 5.74) is 0.158. The lowest BCUT2D eigenvalue weighted by atomic mass is 10.0. The summed E-state index contributed by atoms with van der Waals surface area (Å²) in [6.07, 6.45) is 31.7. The predicted octanol–water partition coefficient (Wildman–Crippen LogP) is 9.34. The van der Waals surface area contributed by atoms with Crippen LogP contribution in [0.1, 0.15) is 168 Å². The van der Waals surface area contributed by atoms with E-state index in [1.807, 2.05) is 21.1 Å². The summed E-state index contributed by atoms with van der Waals surface area (Å²) < 4.78 is 0.421. The first-order valence-corrected chi connectivity index (χ1v) is 18.1. The monoisotopic (exact) mass is 581 g/mol. The van der Waals surface area contributed by atoms with E-state index < -0.39 is 6.10 Å². The van der Waals surface area contributed by atoms with Crippen LogP contribution in [0.4, 0.5) is 0 Å². The molecule has 1 N–H and O–H groups in total. The molecule has 0 aromatic heterocycles. The summed E-state index contributed by atoms with van der Waals surface area (Å²) >= 11 is 0. The minimum Gasteiger partial charge on any atom is -0.827 e. The number of carbonyl (C=O) groups excluding carboxylic acids is 1. The van der Waals surface area contributed by atoms with Crippen molar-refractivity contribution in [2.45, 2.75) is 180 Å². The number of carbonyl (C=O) groups is 1. The van der Waals surface area contributed by atoms with Crippen LogP contribution in [-0.4, -0.2) is 53.9 Å². The number of Topliss-reactive ketones (excluding diaryl/α,β-unsaturated/α-hetero) is 1. The van der Waals surface area contributed by atoms with Gasteiger partial charge in [-0.3, -0.25) is 4.79 Å². The van der Waals surface area contributed by atoms with E-state index >= 15 is 0 Å². The van der Waals surface area contributed by atoms with Gasteiger partial charge in [-0.05, 0) is 38.5 Å². The maximum Gasteiger partial charge on any atom is 0.172 e. The predicted molar refractivity (Wildman–Crippen MR) is 176 cm³/mol. The fraction of sp³-hybridized carbons (Fsp3) is 0.886. The van der Waals surface area contributed by atoms with Crippen molar-refractivity contribution in [1.29, 1.82) is 0 Å². The molecule has 0 radical (unpaired) electrons. The lowest BCUT2D eigenvalue weighted by Crippen LogP contribution is -2.51. The van der Waals surface area contributed by atoms with Gasteiger partial charge in [-0.15, -0.1) is 5.48 Å². The molecule has 5 heteroatoms. The van der Waals surface area contributed by atoms with Crippen molar-refractivity contribution < 1.29 is 19.5 Å². The second-order valence-corrected chi connectivity index (χ2v) is 14.2. The van der Waals surface area contributed by atoms with Crippen LogP contribution in [0.15, 0.2) is 12.2 Å². The van der Waals surface area contributed by atoms with Gasteiger partial charge in [-0.1, -0.05) is 143 Å². The Bertz CT molecular complexity index is 641. The van der Waals surface area contributed by atoms with Crippen molar-refractivity contribution in [3.8, 4) is 0 Å². The van der Waals surface area contributed by atoms with Crippen LogP contribution >= 0.6 is 8.20 Å². The average Bonchev–Trinajstić information content (AvgIpc) is 2.91. The second-order valence-electron chi connectivity index (χ2n) is 12.9. The highest BCUT2D eigenvalue weighted by Gasteiger charge is 2.34. The normalized spacial score (nSPS) is 14.2. The van der Waals surface area contributed by atoms with Crippen molar-refractivity contribution in [2.24, 2.45) is 0 Å². The molecule has 0 rings (SSSR count). The Kier molecular flexibility index (Phi) is 26.9. The summed E-state index contributed by atoms with van der Waals surface area (Å²) in [4.78, 5) is 12.7. The molecule has 0 aliphatic heterocycles. The van der Waals surface area contributed by atoms with E-state index in [9.17, 15) is 15.0 Å². The third kappa shape index (κ3) is 24.1. The fourth-order valence-corrected chi connectivity index (χ4v) is 6.39. The molecule has 40 heavy (non-hydrogen) atoms. The fourth-order valence-electron chi connectivity index (χ4n) is 5.15.